The SMILES string of the molecule is c1cncc(N2CCC[NH2+]CC2)c1. The molecular weight excluding hydrogens is 162 g/mol. The van der Waals surface area contributed by atoms with Crippen molar-refractivity contribution in [1.29, 1.82) is 0 Å². The Hall–Kier alpha value is -1.09. The van der Waals surface area contributed by atoms with Crippen molar-refractivity contribution >= 4 is 5.69 Å². The first-order valence-corrected chi connectivity index (χ1v) is 4.93. The summed E-state index contributed by atoms with van der Waals surface area (Å²) in [6, 6.07) is 4.14. The largest absolute Gasteiger partial charge is 0.364 e. The Bertz CT molecular complexity index is 240. The fourth-order valence-electron chi connectivity index (χ4n) is 1.73. The molecule has 3 nitrogen and oxygen atoms in total. The number of hydrogen-bond donors (Lipinski definition) is 1. The number of nitrogens with two attached hydrogens (primary N) is 1. The Morgan fingerprint density at radius 1 is 1.31 bits per heavy atom. The number of rotatable bonds is 1. The first-order chi connectivity index (χ1) is 6.47. The van der Waals surface area contributed by atoms with Crippen LogP contribution in [0.1, 0.15) is 6.42 Å². The Labute approximate surface area is 78.8 Å². The lowest BCUT2D eigenvalue weighted by Crippen LogP contribution is -2.84. The molecule has 0 aliphatic carbocycles. The van der Waals surface area contributed by atoms with E-state index in [1.165, 1.54) is 31.7 Å². The minimum absolute atomic E-state index is 1.14. The van der Waals surface area contributed by atoms with Gasteiger partial charge >= 0.3 is 0 Å². The molecule has 1 fully saturated rings. The highest BCUT2D eigenvalue weighted by Gasteiger charge is 2.10. The van der Waals surface area contributed by atoms with Gasteiger partial charge in [0.15, 0.2) is 0 Å². The molecule has 1 aliphatic heterocycles. The lowest BCUT2D eigenvalue weighted by atomic mass is 10.3. The number of quaternary nitrogens is 1. The zero-order valence-corrected chi connectivity index (χ0v) is 7.82. The zero-order chi connectivity index (χ0) is 8.93. The summed E-state index contributed by atoms with van der Waals surface area (Å²) in [5.74, 6) is 0. The van der Waals surface area contributed by atoms with Crippen LogP contribution >= 0.6 is 0 Å². The van der Waals surface area contributed by atoms with Crippen molar-refractivity contribution in [2.24, 2.45) is 0 Å². The maximum Gasteiger partial charge on any atom is 0.0933 e. The van der Waals surface area contributed by atoms with Gasteiger partial charge in [-0.05, 0) is 12.1 Å². The average Bonchev–Trinajstić information content (AvgIpc) is 2.47. The second-order valence-electron chi connectivity index (χ2n) is 3.42. The summed E-state index contributed by atoms with van der Waals surface area (Å²) in [5.41, 5.74) is 1.26. The summed E-state index contributed by atoms with van der Waals surface area (Å²) in [7, 11) is 0. The van der Waals surface area contributed by atoms with Crippen LogP contribution in [0.3, 0.4) is 0 Å². The number of anilines is 1. The highest BCUT2D eigenvalue weighted by molar-refractivity contribution is 5.43. The molecule has 70 valence electrons. The van der Waals surface area contributed by atoms with Gasteiger partial charge in [0, 0.05) is 19.2 Å². The van der Waals surface area contributed by atoms with E-state index in [-0.39, 0.29) is 0 Å². The summed E-state index contributed by atoms with van der Waals surface area (Å²) >= 11 is 0. The summed E-state index contributed by atoms with van der Waals surface area (Å²) < 4.78 is 0. The Morgan fingerprint density at radius 3 is 3.15 bits per heavy atom. The molecule has 1 aromatic rings. The van der Waals surface area contributed by atoms with Crippen LogP contribution in [-0.4, -0.2) is 31.2 Å². The molecule has 0 saturated carbocycles. The summed E-state index contributed by atoms with van der Waals surface area (Å²) in [6.45, 7) is 4.78. The average molecular weight is 178 g/mol. The van der Waals surface area contributed by atoms with Crippen molar-refractivity contribution in [2.45, 2.75) is 6.42 Å². The van der Waals surface area contributed by atoms with Crippen molar-refractivity contribution in [1.82, 2.24) is 4.98 Å². The van der Waals surface area contributed by atoms with Crippen molar-refractivity contribution in [3.05, 3.63) is 24.5 Å². The van der Waals surface area contributed by atoms with Crippen LogP contribution in [0.25, 0.3) is 0 Å². The van der Waals surface area contributed by atoms with Gasteiger partial charge in [-0.15, -0.1) is 0 Å². The Kier molecular flexibility index (Phi) is 2.77. The summed E-state index contributed by atoms with van der Waals surface area (Å²) in [6.07, 6.45) is 5.05. The molecule has 2 N–H and O–H groups in total. The van der Waals surface area contributed by atoms with E-state index >= 15 is 0 Å². The second kappa shape index (κ2) is 4.23. The van der Waals surface area contributed by atoms with Gasteiger partial charge in [-0.25, -0.2) is 0 Å². The number of nitrogens with zero attached hydrogens (tertiary/aromatic N) is 2. The molecule has 0 atom stereocenters. The minimum Gasteiger partial charge on any atom is -0.364 e. The van der Waals surface area contributed by atoms with E-state index in [4.69, 9.17) is 0 Å². The van der Waals surface area contributed by atoms with E-state index in [1.54, 1.807) is 0 Å². The molecule has 2 heterocycles. The van der Waals surface area contributed by atoms with Gasteiger partial charge in [0.25, 0.3) is 0 Å². The smallest absolute Gasteiger partial charge is 0.0933 e. The minimum atomic E-state index is 1.14. The molecule has 3 heteroatoms. The predicted molar refractivity (Wildman–Crippen MR) is 52.7 cm³/mol. The van der Waals surface area contributed by atoms with E-state index in [2.05, 4.69) is 21.3 Å². The van der Waals surface area contributed by atoms with E-state index in [1.807, 2.05) is 18.5 Å². The summed E-state index contributed by atoms with van der Waals surface area (Å²) in [5, 5.41) is 2.39. The third kappa shape index (κ3) is 2.18. The van der Waals surface area contributed by atoms with Crippen LogP contribution in [-0.2, 0) is 0 Å². The normalized spacial score (nSPS) is 18.3. The fourth-order valence-corrected chi connectivity index (χ4v) is 1.73. The Balaban J connectivity index is 2.06. The van der Waals surface area contributed by atoms with Crippen molar-refractivity contribution in [3.63, 3.8) is 0 Å². The first kappa shape index (κ1) is 8.51. The molecule has 13 heavy (non-hydrogen) atoms. The number of pyridine rings is 1. The molecule has 1 aromatic heterocycles. The van der Waals surface area contributed by atoms with E-state index in [0.717, 1.165) is 6.54 Å². The van der Waals surface area contributed by atoms with Crippen LogP contribution in [0.5, 0.6) is 0 Å². The fraction of sp³-hybridized carbons (Fsp3) is 0.500. The maximum absolute atomic E-state index is 4.14. The van der Waals surface area contributed by atoms with Crippen LogP contribution in [0, 0.1) is 0 Å². The molecule has 2 rings (SSSR count). The third-order valence-corrected chi connectivity index (χ3v) is 2.45. The topological polar surface area (TPSA) is 32.7 Å². The van der Waals surface area contributed by atoms with Crippen molar-refractivity contribution in [2.75, 3.05) is 31.1 Å². The van der Waals surface area contributed by atoms with Crippen LogP contribution < -0.4 is 10.2 Å². The molecule has 0 radical (unpaired) electrons. The van der Waals surface area contributed by atoms with Crippen LogP contribution in [0.2, 0.25) is 0 Å². The van der Waals surface area contributed by atoms with E-state index in [0.29, 0.717) is 0 Å². The molecule has 0 amide bonds. The standard InChI is InChI=1S/C10H15N3/c1-3-10(9-12-4-1)13-7-2-5-11-6-8-13/h1,3-4,9,11H,2,5-8H2/p+1. The highest BCUT2D eigenvalue weighted by Crippen LogP contribution is 2.11. The number of aromatic nitrogens is 1. The molecule has 0 spiro atoms. The monoisotopic (exact) mass is 178 g/mol. The van der Waals surface area contributed by atoms with Gasteiger partial charge in [0.05, 0.1) is 31.5 Å². The maximum atomic E-state index is 4.14. The molecule has 0 aromatic carbocycles. The predicted octanol–water partition coefficient (Wildman–Crippen LogP) is -0.145. The van der Waals surface area contributed by atoms with E-state index in [9.17, 15) is 0 Å². The lowest BCUT2D eigenvalue weighted by Gasteiger charge is -2.20. The summed E-state index contributed by atoms with van der Waals surface area (Å²) in [4.78, 5) is 6.55. The van der Waals surface area contributed by atoms with Gasteiger partial charge in [-0.3, -0.25) is 4.98 Å². The Morgan fingerprint density at radius 2 is 2.31 bits per heavy atom. The van der Waals surface area contributed by atoms with Crippen LogP contribution in [0.15, 0.2) is 24.5 Å². The molecule has 0 unspecified atom stereocenters. The molecular formula is C10H16N3+. The molecule has 1 saturated heterocycles. The van der Waals surface area contributed by atoms with Gasteiger partial charge in [0.2, 0.25) is 0 Å². The van der Waals surface area contributed by atoms with E-state index < -0.39 is 0 Å². The second-order valence-corrected chi connectivity index (χ2v) is 3.42. The quantitative estimate of drug-likeness (QED) is 0.649. The lowest BCUT2D eigenvalue weighted by molar-refractivity contribution is -0.650. The number of hydrogen-bond acceptors (Lipinski definition) is 2. The molecule has 1 aliphatic rings. The molecule has 0 bridgehead atoms. The first-order valence-electron chi connectivity index (χ1n) is 4.93. The van der Waals surface area contributed by atoms with Gasteiger partial charge < -0.3 is 10.2 Å². The van der Waals surface area contributed by atoms with Gasteiger partial charge in [0.1, 0.15) is 0 Å². The third-order valence-electron chi connectivity index (χ3n) is 2.45. The highest BCUT2D eigenvalue weighted by atomic mass is 15.2. The van der Waals surface area contributed by atoms with Gasteiger partial charge in [-0.1, -0.05) is 0 Å². The van der Waals surface area contributed by atoms with Gasteiger partial charge in [-0.2, -0.15) is 0 Å². The van der Waals surface area contributed by atoms with Crippen LogP contribution in [0.4, 0.5) is 5.69 Å². The van der Waals surface area contributed by atoms with Crippen molar-refractivity contribution in [3.8, 4) is 0 Å². The zero-order valence-electron chi connectivity index (χ0n) is 7.82. The van der Waals surface area contributed by atoms with Crippen molar-refractivity contribution < 1.29 is 5.32 Å².